The largest absolute Gasteiger partial charge is 0.321 e. The van der Waals surface area contributed by atoms with Crippen molar-refractivity contribution >= 4 is 11.7 Å². The van der Waals surface area contributed by atoms with Crippen LogP contribution in [0.2, 0.25) is 0 Å². The average Bonchev–Trinajstić information content (AvgIpc) is 2.69. The Kier molecular flexibility index (Phi) is 6.19. The van der Waals surface area contributed by atoms with Crippen LogP contribution in [0.3, 0.4) is 0 Å². The molecule has 0 unspecified atom stereocenters. The zero-order valence-electron chi connectivity index (χ0n) is 17.7. The minimum absolute atomic E-state index is 0.0255. The first kappa shape index (κ1) is 20.0. The Bertz CT molecular complexity index is 789. The molecular weight excluding hydrogens is 358 g/mol. The quantitative estimate of drug-likeness (QED) is 0.780. The van der Waals surface area contributed by atoms with Crippen molar-refractivity contribution in [3.63, 3.8) is 0 Å². The smallest absolute Gasteiger partial charge is 0.321 e. The molecule has 2 aliphatic heterocycles. The Balaban J connectivity index is 1.19. The summed E-state index contributed by atoms with van der Waals surface area (Å²) in [4.78, 5) is 17.0. The van der Waals surface area contributed by atoms with Crippen LogP contribution in [0, 0.1) is 5.92 Å². The number of anilines is 1. The molecule has 29 heavy (non-hydrogen) atoms. The normalized spacial score (nSPS) is 18.7. The number of carbonyl (C=O) groups is 1. The lowest BCUT2D eigenvalue weighted by Crippen LogP contribution is -2.63. The van der Waals surface area contributed by atoms with E-state index in [9.17, 15) is 4.79 Å². The molecule has 0 bridgehead atoms. The monoisotopic (exact) mass is 391 g/mol. The number of rotatable bonds is 5. The molecule has 1 N–H and O–H groups in total. The number of nitrogens with zero attached hydrogens (tertiary/aromatic N) is 2. The summed E-state index contributed by atoms with van der Waals surface area (Å²) < 4.78 is 0. The summed E-state index contributed by atoms with van der Waals surface area (Å²) >= 11 is 0. The summed E-state index contributed by atoms with van der Waals surface area (Å²) in [5, 5.41) is 3.04. The van der Waals surface area contributed by atoms with Crippen molar-refractivity contribution < 1.29 is 4.79 Å². The van der Waals surface area contributed by atoms with E-state index in [0.29, 0.717) is 12.0 Å². The zero-order chi connectivity index (χ0) is 20.2. The third-order valence-electron chi connectivity index (χ3n) is 6.51. The van der Waals surface area contributed by atoms with E-state index in [4.69, 9.17) is 0 Å². The van der Waals surface area contributed by atoms with E-state index in [2.05, 4.69) is 66.5 Å². The van der Waals surface area contributed by atoms with Crippen molar-refractivity contribution in [3.05, 3.63) is 65.7 Å². The van der Waals surface area contributed by atoms with Crippen LogP contribution in [0.1, 0.15) is 43.7 Å². The third kappa shape index (κ3) is 4.99. The molecule has 0 aromatic heterocycles. The van der Waals surface area contributed by atoms with Gasteiger partial charge >= 0.3 is 6.03 Å². The van der Waals surface area contributed by atoms with Gasteiger partial charge in [-0.05, 0) is 67.4 Å². The van der Waals surface area contributed by atoms with Crippen LogP contribution in [0.5, 0.6) is 0 Å². The predicted octanol–water partition coefficient (Wildman–Crippen LogP) is 4.98. The minimum Gasteiger partial charge on any atom is -0.321 e. The Morgan fingerprint density at radius 3 is 2.28 bits per heavy atom. The number of benzene rings is 2. The van der Waals surface area contributed by atoms with Crippen LogP contribution < -0.4 is 5.32 Å². The predicted molar refractivity (Wildman–Crippen MR) is 119 cm³/mol. The first-order valence-corrected chi connectivity index (χ1v) is 11.0. The van der Waals surface area contributed by atoms with Crippen molar-refractivity contribution in [2.75, 3.05) is 31.5 Å². The Morgan fingerprint density at radius 2 is 1.66 bits per heavy atom. The third-order valence-corrected chi connectivity index (χ3v) is 6.51. The summed E-state index contributed by atoms with van der Waals surface area (Å²) in [7, 11) is 0. The Morgan fingerprint density at radius 1 is 1.00 bits per heavy atom. The van der Waals surface area contributed by atoms with E-state index in [1.807, 2.05) is 17.0 Å². The molecule has 2 amide bonds. The van der Waals surface area contributed by atoms with E-state index in [1.165, 1.54) is 30.4 Å². The van der Waals surface area contributed by atoms with E-state index >= 15 is 0 Å². The fraction of sp³-hybridized carbons (Fsp3) is 0.480. The molecule has 0 spiro atoms. The number of nitrogens with one attached hydrogen (secondary N) is 1. The summed E-state index contributed by atoms with van der Waals surface area (Å²) in [6.07, 6.45) is 3.73. The van der Waals surface area contributed by atoms with Gasteiger partial charge in [0.25, 0.3) is 0 Å². The van der Waals surface area contributed by atoms with Gasteiger partial charge in [0.2, 0.25) is 0 Å². The number of likely N-dealkylation sites (tertiary alicyclic amines) is 2. The highest BCUT2D eigenvalue weighted by Gasteiger charge is 2.36. The van der Waals surface area contributed by atoms with Gasteiger partial charge < -0.3 is 10.2 Å². The van der Waals surface area contributed by atoms with Crippen LogP contribution in [-0.4, -0.2) is 48.1 Å². The second kappa shape index (κ2) is 9.00. The number of hydrogen-bond donors (Lipinski definition) is 1. The molecule has 0 aliphatic carbocycles. The van der Waals surface area contributed by atoms with Crippen molar-refractivity contribution in [3.8, 4) is 0 Å². The van der Waals surface area contributed by atoms with Crippen LogP contribution in [-0.2, 0) is 6.42 Å². The minimum atomic E-state index is 0.0255. The fourth-order valence-corrected chi connectivity index (χ4v) is 4.48. The van der Waals surface area contributed by atoms with Crippen LogP contribution in [0.4, 0.5) is 10.5 Å². The summed E-state index contributed by atoms with van der Waals surface area (Å²) in [6.45, 7) is 8.37. The van der Waals surface area contributed by atoms with Crippen LogP contribution in [0.25, 0.3) is 0 Å². The van der Waals surface area contributed by atoms with E-state index in [-0.39, 0.29) is 6.03 Å². The molecule has 2 aromatic carbocycles. The molecule has 4 heteroatoms. The topological polar surface area (TPSA) is 35.6 Å². The van der Waals surface area contributed by atoms with Crippen molar-refractivity contribution in [1.29, 1.82) is 0 Å². The van der Waals surface area contributed by atoms with Crippen molar-refractivity contribution in [1.82, 2.24) is 9.80 Å². The van der Waals surface area contributed by atoms with Gasteiger partial charge in [0, 0.05) is 24.8 Å². The molecule has 4 nitrogen and oxygen atoms in total. The van der Waals surface area contributed by atoms with Gasteiger partial charge in [-0.25, -0.2) is 4.79 Å². The molecular formula is C25H33N3O. The van der Waals surface area contributed by atoms with E-state index in [1.54, 1.807) is 0 Å². The highest BCUT2D eigenvalue weighted by molar-refractivity contribution is 5.89. The van der Waals surface area contributed by atoms with E-state index < -0.39 is 0 Å². The first-order valence-electron chi connectivity index (χ1n) is 11.0. The Hall–Kier alpha value is -2.33. The standard InChI is InChI=1S/C25H33N3O/c1-19(2)22-8-10-23(11-9-22)26-25(29)28-17-24(18-28)27-14-12-21(13-15-27)16-20-6-4-3-5-7-20/h3-11,19,21,24H,12-18H2,1-2H3,(H,26,29). The van der Waals surface area contributed by atoms with Gasteiger partial charge in [0.1, 0.15) is 0 Å². The van der Waals surface area contributed by atoms with Gasteiger partial charge in [-0.15, -0.1) is 0 Å². The second-order valence-electron chi connectivity index (χ2n) is 8.93. The maximum Gasteiger partial charge on any atom is 0.321 e. The molecule has 2 fully saturated rings. The number of carbonyl (C=O) groups excluding carboxylic acids is 1. The summed E-state index contributed by atoms with van der Waals surface area (Å²) in [5.41, 5.74) is 3.63. The number of piperidine rings is 1. The molecule has 154 valence electrons. The van der Waals surface area contributed by atoms with Gasteiger partial charge in [-0.1, -0.05) is 56.3 Å². The number of hydrogen-bond acceptors (Lipinski definition) is 2. The maximum atomic E-state index is 12.5. The Labute approximate surface area is 174 Å². The molecule has 0 saturated carbocycles. The summed E-state index contributed by atoms with van der Waals surface area (Å²) in [5.74, 6) is 1.30. The molecule has 4 rings (SSSR count). The first-order chi connectivity index (χ1) is 14.1. The van der Waals surface area contributed by atoms with Gasteiger partial charge in [0.15, 0.2) is 0 Å². The average molecular weight is 392 g/mol. The molecule has 2 saturated heterocycles. The van der Waals surface area contributed by atoms with Gasteiger partial charge in [0.05, 0.1) is 0 Å². The number of urea groups is 1. The van der Waals surface area contributed by atoms with E-state index in [0.717, 1.165) is 37.8 Å². The fourth-order valence-electron chi connectivity index (χ4n) is 4.48. The lowest BCUT2D eigenvalue weighted by Gasteiger charge is -2.47. The van der Waals surface area contributed by atoms with Crippen molar-refractivity contribution in [2.45, 2.75) is 45.1 Å². The molecule has 0 atom stereocenters. The molecule has 2 heterocycles. The lowest BCUT2D eigenvalue weighted by molar-refractivity contribution is 0.0383. The van der Waals surface area contributed by atoms with Crippen molar-refractivity contribution in [2.24, 2.45) is 5.92 Å². The van der Waals surface area contributed by atoms with Gasteiger partial charge in [-0.3, -0.25) is 4.90 Å². The number of amides is 2. The van der Waals surface area contributed by atoms with Crippen LogP contribution in [0.15, 0.2) is 54.6 Å². The summed E-state index contributed by atoms with van der Waals surface area (Å²) in [6, 6.07) is 19.6. The molecule has 0 radical (unpaired) electrons. The SMILES string of the molecule is CC(C)c1ccc(NC(=O)N2CC(N3CCC(Cc4ccccc4)CC3)C2)cc1. The maximum absolute atomic E-state index is 12.5. The highest BCUT2D eigenvalue weighted by atomic mass is 16.2. The highest BCUT2D eigenvalue weighted by Crippen LogP contribution is 2.26. The van der Waals surface area contributed by atoms with Crippen LogP contribution >= 0.6 is 0 Å². The second-order valence-corrected chi connectivity index (χ2v) is 8.93. The zero-order valence-corrected chi connectivity index (χ0v) is 17.7. The molecule has 2 aliphatic rings. The lowest BCUT2D eigenvalue weighted by atomic mass is 9.89. The van der Waals surface area contributed by atoms with Gasteiger partial charge in [-0.2, -0.15) is 0 Å². The molecule has 2 aromatic rings.